The summed E-state index contributed by atoms with van der Waals surface area (Å²) >= 11 is 5.89. The Morgan fingerprint density at radius 3 is 2.96 bits per heavy atom. The van der Waals surface area contributed by atoms with Gasteiger partial charge in [0.15, 0.2) is 0 Å². The van der Waals surface area contributed by atoms with Crippen LogP contribution in [-0.2, 0) is 0 Å². The molecule has 0 saturated heterocycles. The predicted octanol–water partition coefficient (Wildman–Crippen LogP) is 3.36. The fourth-order valence-corrected chi connectivity index (χ4v) is 2.70. The van der Waals surface area contributed by atoms with Crippen LogP contribution >= 0.6 is 11.6 Å². The Kier molecular flexibility index (Phi) is 4.88. The Bertz CT molecular complexity index is 693. The van der Waals surface area contributed by atoms with Crippen LogP contribution in [0.4, 0.5) is 16.2 Å². The highest BCUT2D eigenvalue weighted by Gasteiger charge is 2.16. The molecule has 0 bridgehead atoms. The first-order chi connectivity index (χ1) is 11.2. The summed E-state index contributed by atoms with van der Waals surface area (Å²) in [5, 5.41) is 6.21. The number of halogens is 1. The van der Waals surface area contributed by atoms with Gasteiger partial charge in [0.05, 0.1) is 12.2 Å². The molecule has 2 N–H and O–H groups in total. The van der Waals surface area contributed by atoms with Crippen molar-refractivity contribution in [3.05, 3.63) is 53.6 Å². The summed E-state index contributed by atoms with van der Waals surface area (Å²) < 4.78 is 5.62. The summed E-state index contributed by atoms with van der Waals surface area (Å²) in [4.78, 5) is 14.1. The zero-order valence-corrected chi connectivity index (χ0v) is 13.3. The first-order valence-corrected chi connectivity index (χ1v) is 7.87. The second-order valence-corrected chi connectivity index (χ2v) is 5.63. The van der Waals surface area contributed by atoms with Crippen molar-refractivity contribution in [1.82, 2.24) is 5.32 Å². The fourth-order valence-electron chi connectivity index (χ4n) is 2.50. The number of para-hydroxylation sites is 2. The quantitative estimate of drug-likeness (QED) is 0.903. The van der Waals surface area contributed by atoms with Gasteiger partial charge in [-0.15, -0.1) is 0 Å². The molecule has 0 unspecified atom stereocenters. The molecule has 5 nitrogen and oxygen atoms in total. The van der Waals surface area contributed by atoms with Crippen LogP contribution in [0.5, 0.6) is 5.75 Å². The topological polar surface area (TPSA) is 53.6 Å². The van der Waals surface area contributed by atoms with E-state index in [0.717, 1.165) is 24.5 Å². The van der Waals surface area contributed by atoms with E-state index < -0.39 is 0 Å². The number of hydrogen-bond donors (Lipinski definition) is 2. The molecule has 3 rings (SSSR count). The van der Waals surface area contributed by atoms with Crippen molar-refractivity contribution in [2.24, 2.45) is 0 Å². The molecular weight excluding hydrogens is 314 g/mol. The molecule has 6 heteroatoms. The van der Waals surface area contributed by atoms with Gasteiger partial charge in [-0.1, -0.05) is 29.8 Å². The summed E-state index contributed by atoms with van der Waals surface area (Å²) in [5.41, 5.74) is 1.74. The van der Waals surface area contributed by atoms with E-state index >= 15 is 0 Å². The van der Waals surface area contributed by atoms with Crippen LogP contribution in [0.1, 0.15) is 0 Å². The van der Waals surface area contributed by atoms with Crippen molar-refractivity contribution in [2.45, 2.75) is 0 Å². The van der Waals surface area contributed by atoms with E-state index in [0.29, 0.717) is 23.9 Å². The maximum atomic E-state index is 11.9. The number of hydrogen-bond acceptors (Lipinski definition) is 3. The average Bonchev–Trinajstić information content (AvgIpc) is 2.55. The Morgan fingerprint density at radius 1 is 1.22 bits per heavy atom. The Labute approximate surface area is 140 Å². The minimum absolute atomic E-state index is 0.242. The smallest absolute Gasteiger partial charge is 0.319 e. The molecule has 1 aliphatic rings. The highest BCUT2D eigenvalue weighted by molar-refractivity contribution is 6.30. The Hall–Kier alpha value is -2.40. The van der Waals surface area contributed by atoms with Gasteiger partial charge in [-0.05, 0) is 30.3 Å². The predicted molar refractivity (Wildman–Crippen MR) is 92.6 cm³/mol. The first-order valence-electron chi connectivity index (χ1n) is 7.49. The zero-order valence-electron chi connectivity index (χ0n) is 12.6. The van der Waals surface area contributed by atoms with E-state index in [9.17, 15) is 4.79 Å². The number of nitrogens with one attached hydrogen (secondary N) is 2. The van der Waals surface area contributed by atoms with Gasteiger partial charge in [0.2, 0.25) is 0 Å². The molecule has 120 valence electrons. The molecule has 1 heterocycles. The van der Waals surface area contributed by atoms with Gasteiger partial charge in [0, 0.05) is 23.8 Å². The average molecular weight is 332 g/mol. The second kappa shape index (κ2) is 7.24. The van der Waals surface area contributed by atoms with Crippen LogP contribution in [-0.4, -0.2) is 32.3 Å². The van der Waals surface area contributed by atoms with Crippen LogP contribution in [0.2, 0.25) is 5.02 Å². The molecule has 2 aromatic rings. The van der Waals surface area contributed by atoms with Gasteiger partial charge in [-0.3, -0.25) is 0 Å². The minimum Gasteiger partial charge on any atom is -0.490 e. The Morgan fingerprint density at radius 2 is 2.09 bits per heavy atom. The molecule has 1 aliphatic heterocycles. The summed E-state index contributed by atoms with van der Waals surface area (Å²) in [6, 6.07) is 14.8. The number of nitrogens with zero attached hydrogens (tertiary/aromatic N) is 1. The molecule has 0 radical (unpaired) electrons. The molecule has 2 aromatic carbocycles. The lowest BCUT2D eigenvalue weighted by molar-refractivity contribution is 0.252. The van der Waals surface area contributed by atoms with E-state index in [1.54, 1.807) is 24.3 Å². The minimum atomic E-state index is -0.242. The zero-order chi connectivity index (χ0) is 16.1. The molecule has 0 saturated carbocycles. The first kappa shape index (κ1) is 15.5. The van der Waals surface area contributed by atoms with Gasteiger partial charge in [-0.2, -0.15) is 0 Å². The van der Waals surface area contributed by atoms with Gasteiger partial charge in [-0.25, -0.2) is 4.79 Å². The van der Waals surface area contributed by atoms with E-state index in [-0.39, 0.29) is 6.03 Å². The molecule has 23 heavy (non-hydrogen) atoms. The third-order valence-corrected chi connectivity index (χ3v) is 3.81. The van der Waals surface area contributed by atoms with Gasteiger partial charge >= 0.3 is 6.03 Å². The van der Waals surface area contributed by atoms with E-state index in [1.807, 2.05) is 24.3 Å². The van der Waals surface area contributed by atoms with Crippen LogP contribution < -0.4 is 20.3 Å². The lowest BCUT2D eigenvalue weighted by Gasteiger charge is -2.31. The molecule has 0 fully saturated rings. The number of ether oxygens (including phenoxy) is 1. The lowest BCUT2D eigenvalue weighted by Crippen LogP contribution is -2.40. The molecule has 2 amide bonds. The Balaban J connectivity index is 1.49. The van der Waals surface area contributed by atoms with E-state index in [2.05, 4.69) is 15.5 Å². The van der Waals surface area contributed by atoms with E-state index in [1.165, 1.54) is 0 Å². The number of benzene rings is 2. The number of anilines is 2. The van der Waals surface area contributed by atoms with Gasteiger partial charge < -0.3 is 20.3 Å². The van der Waals surface area contributed by atoms with Crippen molar-refractivity contribution >= 4 is 29.0 Å². The van der Waals surface area contributed by atoms with Gasteiger partial charge in [0.25, 0.3) is 0 Å². The SMILES string of the molecule is O=C(NCCN1CCOc2ccccc21)Nc1cccc(Cl)c1. The highest BCUT2D eigenvalue weighted by atomic mass is 35.5. The van der Waals surface area contributed by atoms with Crippen LogP contribution in [0.3, 0.4) is 0 Å². The summed E-state index contributed by atoms with van der Waals surface area (Å²) in [6.45, 7) is 2.74. The summed E-state index contributed by atoms with van der Waals surface area (Å²) in [6.07, 6.45) is 0. The highest BCUT2D eigenvalue weighted by Crippen LogP contribution is 2.30. The van der Waals surface area contributed by atoms with Crippen LogP contribution in [0.15, 0.2) is 48.5 Å². The maximum absolute atomic E-state index is 11.9. The fraction of sp³-hybridized carbons (Fsp3) is 0.235. The standard InChI is InChI=1S/C17H18ClN3O2/c18-13-4-3-5-14(12-13)20-17(22)19-8-9-21-10-11-23-16-7-2-1-6-15(16)21/h1-7,12H,8-11H2,(H2,19,20,22). The van der Waals surface area contributed by atoms with Gasteiger partial charge in [0.1, 0.15) is 12.4 Å². The third-order valence-electron chi connectivity index (χ3n) is 3.57. The van der Waals surface area contributed by atoms with Crippen molar-refractivity contribution in [2.75, 3.05) is 36.5 Å². The number of urea groups is 1. The second-order valence-electron chi connectivity index (χ2n) is 5.19. The van der Waals surface area contributed by atoms with Crippen LogP contribution in [0, 0.1) is 0 Å². The van der Waals surface area contributed by atoms with Crippen LogP contribution in [0.25, 0.3) is 0 Å². The largest absolute Gasteiger partial charge is 0.490 e. The van der Waals surface area contributed by atoms with Crippen molar-refractivity contribution < 1.29 is 9.53 Å². The number of rotatable bonds is 4. The van der Waals surface area contributed by atoms with Crippen molar-refractivity contribution in [1.29, 1.82) is 0 Å². The summed E-state index contributed by atoms with van der Waals surface area (Å²) in [5.74, 6) is 0.891. The molecule has 0 aliphatic carbocycles. The number of fused-ring (bicyclic) bond motifs is 1. The number of amides is 2. The summed E-state index contributed by atoms with van der Waals surface area (Å²) in [7, 11) is 0. The maximum Gasteiger partial charge on any atom is 0.319 e. The molecule has 0 atom stereocenters. The molecule has 0 aromatic heterocycles. The number of carbonyl (C=O) groups is 1. The number of carbonyl (C=O) groups excluding carboxylic acids is 1. The molecular formula is C17H18ClN3O2. The monoisotopic (exact) mass is 331 g/mol. The third kappa shape index (κ3) is 4.07. The normalized spacial score (nSPS) is 13.0. The van der Waals surface area contributed by atoms with E-state index in [4.69, 9.17) is 16.3 Å². The van der Waals surface area contributed by atoms with Crippen molar-refractivity contribution in [3.63, 3.8) is 0 Å². The molecule has 0 spiro atoms. The van der Waals surface area contributed by atoms with Crippen molar-refractivity contribution in [3.8, 4) is 5.75 Å². The lowest BCUT2D eigenvalue weighted by atomic mass is 10.2.